The highest BCUT2D eigenvalue weighted by Gasteiger charge is 2.41. The molecule has 0 spiro atoms. The molecule has 2 atom stereocenters. The SMILES string of the molecule is Cc1ccc(/C=C2/CCCC3C2=NN(c2ccccc2)C3c2ccc(C)cc2)cc1. The fourth-order valence-corrected chi connectivity index (χ4v) is 4.76. The smallest absolute Gasteiger partial charge is 0.0859 e. The topological polar surface area (TPSA) is 15.6 Å². The molecule has 0 N–H and O–H groups in total. The van der Waals surface area contributed by atoms with E-state index >= 15 is 0 Å². The molecule has 2 unspecified atom stereocenters. The molecule has 0 bridgehead atoms. The monoisotopic (exact) mass is 392 g/mol. The second-order valence-corrected chi connectivity index (χ2v) is 8.60. The van der Waals surface area contributed by atoms with Crippen LogP contribution in [0, 0.1) is 19.8 Å². The fraction of sp³-hybridized carbons (Fsp3) is 0.250. The lowest BCUT2D eigenvalue weighted by atomic mass is 9.77. The number of nitrogens with zero attached hydrogens (tertiary/aromatic N) is 2. The van der Waals surface area contributed by atoms with Gasteiger partial charge < -0.3 is 0 Å². The highest BCUT2D eigenvalue weighted by atomic mass is 15.5. The zero-order valence-corrected chi connectivity index (χ0v) is 17.8. The third-order valence-corrected chi connectivity index (χ3v) is 6.36. The van der Waals surface area contributed by atoms with Gasteiger partial charge in [-0.2, -0.15) is 5.10 Å². The maximum absolute atomic E-state index is 5.24. The molecule has 1 saturated carbocycles. The molecule has 5 rings (SSSR count). The van der Waals surface area contributed by atoms with Crippen molar-refractivity contribution in [2.45, 2.75) is 39.2 Å². The van der Waals surface area contributed by atoms with E-state index in [1.54, 1.807) is 0 Å². The summed E-state index contributed by atoms with van der Waals surface area (Å²) < 4.78 is 0. The van der Waals surface area contributed by atoms with Gasteiger partial charge >= 0.3 is 0 Å². The highest BCUT2D eigenvalue weighted by molar-refractivity contribution is 6.08. The van der Waals surface area contributed by atoms with E-state index in [1.807, 2.05) is 0 Å². The van der Waals surface area contributed by atoms with Crippen LogP contribution in [-0.2, 0) is 0 Å². The van der Waals surface area contributed by atoms with Crippen molar-refractivity contribution in [2.75, 3.05) is 5.01 Å². The Morgan fingerprint density at radius 1 is 0.833 bits per heavy atom. The Kier molecular flexibility index (Phi) is 5.00. The Labute approximate surface area is 179 Å². The molecule has 0 aromatic heterocycles. The Bertz CT molecular complexity index is 1080. The van der Waals surface area contributed by atoms with Gasteiger partial charge in [0.05, 0.1) is 17.4 Å². The summed E-state index contributed by atoms with van der Waals surface area (Å²) in [7, 11) is 0. The van der Waals surface area contributed by atoms with Gasteiger partial charge in [0.25, 0.3) is 0 Å². The molecular weight excluding hydrogens is 364 g/mol. The average Bonchev–Trinajstić information content (AvgIpc) is 3.17. The molecule has 2 aliphatic rings. The zero-order valence-electron chi connectivity index (χ0n) is 17.8. The maximum Gasteiger partial charge on any atom is 0.0859 e. The maximum atomic E-state index is 5.24. The predicted octanol–water partition coefficient (Wildman–Crippen LogP) is 7.10. The second-order valence-electron chi connectivity index (χ2n) is 8.60. The number of benzene rings is 3. The largest absolute Gasteiger partial charge is 0.257 e. The number of hydrogen-bond donors (Lipinski definition) is 0. The Morgan fingerprint density at radius 2 is 1.50 bits per heavy atom. The molecule has 0 saturated heterocycles. The third-order valence-electron chi connectivity index (χ3n) is 6.36. The van der Waals surface area contributed by atoms with Gasteiger partial charge in [0.1, 0.15) is 0 Å². The molecule has 1 aliphatic heterocycles. The van der Waals surface area contributed by atoms with Gasteiger partial charge in [-0.25, -0.2) is 0 Å². The summed E-state index contributed by atoms with van der Waals surface area (Å²) in [5.74, 6) is 0.429. The third kappa shape index (κ3) is 3.59. The van der Waals surface area contributed by atoms with E-state index in [9.17, 15) is 0 Å². The van der Waals surface area contributed by atoms with Crippen molar-refractivity contribution in [1.82, 2.24) is 0 Å². The van der Waals surface area contributed by atoms with Crippen LogP contribution in [0.5, 0.6) is 0 Å². The summed E-state index contributed by atoms with van der Waals surface area (Å²) in [5.41, 5.74) is 9.05. The lowest BCUT2D eigenvalue weighted by Crippen LogP contribution is -2.28. The number of rotatable bonds is 3. The molecule has 3 aromatic rings. The fourth-order valence-electron chi connectivity index (χ4n) is 4.76. The van der Waals surface area contributed by atoms with Crippen LogP contribution in [0.1, 0.15) is 47.6 Å². The van der Waals surface area contributed by atoms with Crippen LogP contribution in [0.25, 0.3) is 6.08 Å². The van der Waals surface area contributed by atoms with Gasteiger partial charge in [0.15, 0.2) is 0 Å². The van der Waals surface area contributed by atoms with Gasteiger partial charge in [-0.05, 0) is 68.0 Å². The molecule has 0 radical (unpaired) electrons. The van der Waals surface area contributed by atoms with Crippen molar-refractivity contribution in [3.8, 4) is 0 Å². The minimum atomic E-state index is 0.254. The molecular formula is C28H28N2. The van der Waals surface area contributed by atoms with Crippen LogP contribution in [0.2, 0.25) is 0 Å². The van der Waals surface area contributed by atoms with Gasteiger partial charge in [0.2, 0.25) is 0 Å². The van der Waals surface area contributed by atoms with Crippen molar-refractivity contribution in [1.29, 1.82) is 0 Å². The summed E-state index contributed by atoms with van der Waals surface area (Å²) in [6.45, 7) is 4.29. The van der Waals surface area contributed by atoms with E-state index in [1.165, 1.54) is 52.1 Å². The molecule has 0 amide bonds. The number of hydrazone groups is 1. The normalized spacial score (nSPS) is 22.1. The minimum absolute atomic E-state index is 0.254. The van der Waals surface area contributed by atoms with Crippen LogP contribution >= 0.6 is 0 Å². The number of para-hydroxylation sites is 1. The number of allylic oxidation sites excluding steroid dienone is 1. The van der Waals surface area contributed by atoms with E-state index in [4.69, 9.17) is 5.10 Å². The van der Waals surface area contributed by atoms with E-state index < -0.39 is 0 Å². The second kappa shape index (κ2) is 7.95. The quantitative estimate of drug-likeness (QED) is 0.464. The molecule has 2 heteroatoms. The van der Waals surface area contributed by atoms with E-state index in [0.29, 0.717) is 5.92 Å². The van der Waals surface area contributed by atoms with Crippen molar-refractivity contribution >= 4 is 17.5 Å². The first kappa shape index (κ1) is 18.9. The first-order valence-corrected chi connectivity index (χ1v) is 11.0. The number of fused-ring (bicyclic) bond motifs is 1. The zero-order chi connectivity index (χ0) is 20.5. The summed E-state index contributed by atoms with van der Waals surface area (Å²) in [5, 5.41) is 7.50. The Morgan fingerprint density at radius 3 is 2.20 bits per heavy atom. The van der Waals surface area contributed by atoms with E-state index in [-0.39, 0.29) is 6.04 Å². The van der Waals surface area contributed by atoms with Crippen LogP contribution in [-0.4, -0.2) is 5.71 Å². The lowest BCUT2D eigenvalue weighted by Gasteiger charge is -2.30. The number of anilines is 1. The number of aryl methyl sites for hydroxylation is 2. The van der Waals surface area contributed by atoms with Crippen LogP contribution < -0.4 is 5.01 Å². The first-order chi connectivity index (χ1) is 14.7. The van der Waals surface area contributed by atoms with Crippen LogP contribution in [0.4, 0.5) is 5.69 Å². The Balaban J connectivity index is 1.58. The van der Waals surface area contributed by atoms with Crippen molar-refractivity contribution in [2.24, 2.45) is 11.0 Å². The minimum Gasteiger partial charge on any atom is -0.257 e. The molecule has 2 nitrogen and oxygen atoms in total. The average molecular weight is 393 g/mol. The molecule has 150 valence electrons. The molecule has 1 aliphatic carbocycles. The van der Waals surface area contributed by atoms with Crippen molar-refractivity contribution < 1.29 is 0 Å². The molecule has 1 heterocycles. The molecule has 30 heavy (non-hydrogen) atoms. The summed E-state index contributed by atoms with van der Waals surface area (Å²) in [6.07, 6.45) is 5.86. The summed E-state index contributed by atoms with van der Waals surface area (Å²) >= 11 is 0. The van der Waals surface area contributed by atoms with Crippen LogP contribution in [0.15, 0.2) is 89.5 Å². The predicted molar refractivity (Wildman–Crippen MR) is 127 cm³/mol. The van der Waals surface area contributed by atoms with Crippen LogP contribution in [0.3, 0.4) is 0 Å². The molecule has 3 aromatic carbocycles. The number of hydrogen-bond acceptors (Lipinski definition) is 2. The summed E-state index contributed by atoms with van der Waals surface area (Å²) in [4.78, 5) is 0. The van der Waals surface area contributed by atoms with Gasteiger partial charge in [-0.3, -0.25) is 5.01 Å². The van der Waals surface area contributed by atoms with E-state index in [0.717, 1.165) is 6.42 Å². The molecule has 1 fully saturated rings. The van der Waals surface area contributed by atoms with E-state index in [2.05, 4.69) is 104 Å². The first-order valence-electron chi connectivity index (χ1n) is 11.0. The summed E-state index contributed by atoms with van der Waals surface area (Å²) in [6, 6.07) is 28.7. The van der Waals surface area contributed by atoms with Crippen molar-refractivity contribution in [3.63, 3.8) is 0 Å². The standard InChI is InChI=1S/C28H28N2/c1-20-11-15-22(16-12-20)19-24-7-6-10-26-27(24)29-30(25-8-4-3-5-9-25)28(26)23-17-13-21(2)14-18-23/h3-5,8-9,11-19,26,28H,6-7,10H2,1-2H3/b24-19-. The highest BCUT2D eigenvalue weighted by Crippen LogP contribution is 2.46. The van der Waals surface area contributed by atoms with Gasteiger partial charge in [-0.15, -0.1) is 0 Å². The van der Waals surface area contributed by atoms with Gasteiger partial charge in [0, 0.05) is 5.92 Å². The van der Waals surface area contributed by atoms with Gasteiger partial charge in [-0.1, -0.05) is 77.9 Å². The Hall–Kier alpha value is -3.13. The van der Waals surface area contributed by atoms with Crippen molar-refractivity contribution in [3.05, 3.63) is 107 Å². The lowest BCUT2D eigenvalue weighted by molar-refractivity contribution is 0.488.